The summed E-state index contributed by atoms with van der Waals surface area (Å²) in [4.78, 5) is 12.0. The van der Waals surface area contributed by atoms with Gasteiger partial charge in [-0.25, -0.2) is 0 Å². The molecule has 0 aliphatic heterocycles. The van der Waals surface area contributed by atoms with Gasteiger partial charge in [-0.1, -0.05) is 30.3 Å². The molecule has 2 aromatic carbocycles. The van der Waals surface area contributed by atoms with E-state index in [-0.39, 0.29) is 11.7 Å². The fraction of sp³-hybridized carbons (Fsp3) is 0.188. The standard InChI is InChI=1S/C16H17NO2/c1-11-6-3-4-7-13(11)10-16(19)17-14-8-5-9-15(18)12(14)2/h3-9,18H,10H2,1-2H3,(H,17,19). The lowest BCUT2D eigenvalue weighted by Crippen LogP contribution is -2.15. The topological polar surface area (TPSA) is 49.3 Å². The second-order valence-electron chi connectivity index (χ2n) is 4.60. The fourth-order valence-corrected chi connectivity index (χ4v) is 1.93. The maximum absolute atomic E-state index is 12.0. The molecule has 2 N–H and O–H groups in total. The van der Waals surface area contributed by atoms with E-state index in [1.807, 2.05) is 31.2 Å². The van der Waals surface area contributed by atoms with Crippen molar-refractivity contribution in [2.24, 2.45) is 0 Å². The second-order valence-corrected chi connectivity index (χ2v) is 4.60. The number of nitrogens with one attached hydrogen (secondary N) is 1. The third-order valence-electron chi connectivity index (χ3n) is 3.19. The molecule has 98 valence electrons. The number of anilines is 1. The molecule has 0 heterocycles. The molecule has 2 rings (SSSR count). The Labute approximate surface area is 112 Å². The summed E-state index contributed by atoms with van der Waals surface area (Å²) in [6.45, 7) is 3.76. The van der Waals surface area contributed by atoms with E-state index < -0.39 is 0 Å². The van der Waals surface area contributed by atoms with Crippen LogP contribution in [0.2, 0.25) is 0 Å². The van der Waals surface area contributed by atoms with Gasteiger partial charge in [0.1, 0.15) is 5.75 Å². The maximum Gasteiger partial charge on any atom is 0.228 e. The molecular weight excluding hydrogens is 238 g/mol. The van der Waals surface area contributed by atoms with Gasteiger partial charge < -0.3 is 10.4 Å². The van der Waals surface area contributed by atoms with Crippen LogP contribution in [-0.2, 0) is 11.2 Å². The summed E-state index contributed by atoms with van der Waals surface area (Å²) in [6.07, 6.45) is 0.335. The summed E-state index contributed by atoms with van der Waals surface area (Å²) < 4.78 is 0. The van der Waals surface area contributed by atoms with E-state index in [2.05, 4.69) is 5.32 Å². The van der Waals surface area contributed by atoms with E-state index in [0.717, 1.165) is 11.1 Å². The first-order chi connectivity index (χ1) is 9.08. The number of benzene rings is 2. The Balaban J connectivity index is 2.10. The maximum atomic E-state index is 12.0. The van der Waals surface area contributed by atoms with Crippen LogP contribution in [0.3, 0.4) is 0 Å². The number of carbonyl (C=O) groups is 1. The van der Waals surface area contributed by atoms with Crippen LogP contribution in [0.15, 0.2) is 42.5 Å². The summed E-state index contributed by atoms with van der Waals surface area (Å²) in [5.74, 6) is 0.108. The molecule has 3 nitrogen and oxygen atoms in total. The number of amides is 1. The lowest BCUT2D eigenvalue weighted by molar-refractivity contribution is -0.115. The number of phenolic OH excluding ortho intramolecular Hbond substituents is 1. The molecule has 0 aromatic heterocycles. The molecule has 0 aliphatic rings. The zero-order chi connectivity index (χ0) is 13.8. The molecule has 1 amide bonds. The van der Waals surface area contributed by atoms with Crippen molar-refractivity contribution >= 4 is 11.6 Å². The molecule has 3 heteroatoms. The summed E-state index contributed by atoms with van der Waals surface area (Å²) in [5.41, 5.74) is 3.45. The summed E-state index contributed by atoms with van der Waals surface area (Å²) >= 11 is 0. The second kappa shape index (κ2) is 5.57. The van der Waals surface area contributed by atoms with Gasteiger partial charge in [0.2, 0.25) is 5.91 Å². The lowest BCUT2D eigenvalue weighted by atomic mass is 10.1. The van der Waals surface area contributed by atoms with E-state index in [4.69, 9.17) is 0 Å². The van der Waals surface area contributed by atoms with Gasteiger partial charge in [0.25, 0.3) is 0 Å². The van der Waals surface area contributed by atoms with Gasteiger partial charge >= 0.3 is 0 Å². The molecule has 0 atom stereocenters. The first-order valence-electron chi connectivity index (χ1n) is 6.21. The van der Waals surface area contributed by atoms with Gasteiger partial charge in [-0.05, 0) is 37.1 Å². The van der Waals surface area contributed by atoms with Crippen LogP contribution in [0.4, 0.5) is 5.69 Å². The largest absolute Gasteiger partial charge is 0.508 e. The van der Waals surface area contributed by atoms with Crippen molar-refractivity contribution in [3.05, 3.63) is 59.2 Å². The SMILES string of the molecule is Cc1ccccc1CC(=O)Nc1cccc(O)c1C. The highest BCUT2D eigenvalue weighted by molar-refractivity contribution is 5.93. The van der Waals surface area contributed by atoms with Crippen molar-refractivity contribution in [3.8, 4) is 5.75 Å². The van der Waals surface area contributed by atoms with Crippen LogP contribution in [-0.4, -0.2) is 11.0 Å². The van der Waals surface area contributed by atoms with E-state index in [1.54, 1.807) is 25.1 Å². The van der Waals surface area contributed by atoms with Gasteiger partial charge in [0.15, 0.2) is 0 Å². The lowest BCUT2D eigenvalue weighted by Gasteiger charge is -2.10. The van der Waals surface area contributed by atoms with Crippen LogP contribution in [0.1, 0.15) is 16.7 Å². The average molecular weight is 255 g/mol. The highest BCUT2D eigenvalue weighted by Crippen LogP contribution is 2.24. The highest BCUT2D eigenvalue weighted by atomic mass is 16.3. The quantitative estimate of drug-likeness (QED) is 0.885. The Morgan fingerprint density at radius 2 is 1.84 bits per heavy atom. The number of aromatic hydroxyl groups is 1. The Morgan fingerprint density at radius 1 is 1.11 bits per heavy atom. The van der Waals surface area contributed by atoms with E-state index in [1.165, 1.54) is 0 Å². The average Bonchev–Trinajstić information content (AvgIpc) is 2.38. The minimum Gasteiger partial charge on any atom is -0.508 e. The fourth-order valence-electron chi connectivity index (χ4n) is 1.93. The molecule has 0 spiro atoms. The third-order valence-corrected chi connectivity index (χ3v) is 3.19. The van der Waals surface area contributed by atoms with Crippen LogP contribution in [0.5, 0.6) is 5.75 Å². The number of aryl methyl sites for hydroxylation is 1. The Bertz CT molecular complexity index is 605. The number of hydrogen-bond donors (Lipinski definition) is 2. The zero-order valence-corrected chi connectivity index (χ0v) is 11.1. The molecule has 0 unspecified atom stereocenters. The number of phenols is 1. The van der Waals surface area contributed by atoms with Crippen molar-refractivity contribution in [3.63, 3.8) is 0 Å². The molecule has 0 radical (unpaired) electrons. The van der Waals surface area contributed by atoms with Crippen LogP contribution >= 0.6 is 0 Å². The first kappa shape index (κ1) is 13.1. The monoisotopic (exact) mass is 255 g/mol. The minimum atomic E-state index is -0.0806. The Kier molecular flexibility index (Phi) is 3.85. The zero-order valence-electron chi connectivity index (χ0n) is 11.1. The van der Waals surface area contributed by atoms with Crippen molar-refractivity contribution in [1.29, 1.82) is 0 Å². The predicted octanol–water partition coefficient (Wildman–Crippen LogP) is 3.19. The van der Waals surface area contributed by atoms with Gasteiger partial charge in [0.05, 0.1) is 6.42 Å². The summed E-state index contributed by atoms with van der Waals surface area (Å²) in [7, 11) is 0. The summed E-state index contributed by atoms with van der Waals surface area (Å²) in [6, 6.07) is 12.9. The van der Waals surface area contributed by atoms with Crippen molar-refractivity contribution in [1.82, 2.24) is 0 Å². The highest BCUT2D eigenvalue weighted by Gasteiger charge is 2.08. The van der Waals surface area contributed by atoms with Crippen LogP contribution in [0.25, 0.3) is 0 Å². The van der Waals surface area contributed by atoms with Crippen molar-refractivity contribution < 1.29 is 9.90 Å². The molecular formula is C16H17NO2. The smallest absolute Gasteiger partial charge is 0.228 e. The Hall–Kier alpha value is -2.29. The number of hydrogen-bond acceptors (Lipinski definition) is 2. The number of carbonyl (C=O) groups excluding carboxylic acids is 1. The molecule has 2 aromatic rings. The van der Waals surface area contributed by atoms with Gasteiger partial charge in [-0.2, -0.15) is 0 Å². The van der Waals surface area contributed by atoms with E-state index in [9.17, 15) is 9.90 Å². The van der Waals surface area contributed by atoms with Gasteiger partial charge in [-0.15, -0.1) is 0 Å². The third kappa shape index (κ3) is 3.13. The molecule has 19 heavy (non-hydrogen) atoms. The van der Waals surface area contributed by atoms with Crippen molar-refractivity contribution in [2.45, 2.75) is 20.3 Å². The summed E-state index contributed by atoms with van der Waals surface area (Å²) in [5, 5.41) is 12.4. The molecule has 0 fully saturated rings. The normalized spacial score (nSPS) is 10.2. The predicted molar refractivity (Wildman–Crippen MR) is 76.4 cm³/mol. The molecule has 0 saturated carbocycles. The Morgan fingerprint density at radius 3 is 2.58 bits per heavy atom. The number of rotatable bonds is 3. The van der Waals surface area contributed by atoms with Gasteiger partial charge in [0, 0.05) is 11.3 Å². The van der Waals surface area contributed by atoms with Crippen LogP contribution in [0, 0.1) is 13.8 Å². The molecule has 0 aliphatic carbocycles. The minimum absolute atomic E-state index is 0.0806. The molecule has 0 saturated heterocycles. The van der Waals surface area contributed by atoms with Gasteiger partial charge in [-0.3, -0.25) is 4.79 Å². The van der Waals surface area contributed by atoms with E-state index >= 15 is 0 Å². The van der Waals surface area contributed by atoms with E-state index in [0.29, 0.717) is 17.7 Å². The molecule has 0 bridgehead atoms. The van der Waals surface area contributed by atoms with Crippen molar-refractivity contribution in [2.75, 3.05) is 5.32 Å². The van der Waals surface area contributed by atoms with Crippen LogP contribution < -0.4 is 5.32 Å². The first-order valence-corrected chi connectivity index (χ1v) is 6.21.